The van der Waals surface area contributed by atoms with Gasteiger partial charge in [0.1, 0.15) is 5.60 Å². The van der Waals surface area contributed by atoms with Crippen LogP contribution in [-0.4, -0.2) is 54.7 Å². The van der Waals surface area contributed by atoms with Gasteiger partial charge in [-0.25, -0.2) is 4.79 Å². The molecule has 9 nitrogen and oxygen atoms in total. The van der Waals surface area contributed by atoms with Crippen molar-refractivity contribution in [2.24, 2.45) is 0 Å². The first kappa shape index (κ1) is 21.8. The molecule has 30 heavy (non-hydrogen) atoms. The number of nitrogens with zero attached hydrogens (tertiary/aromatic N) is 1. The van der Waals surface area contributed by atoms with Crippen LogP contribution in [0, 0.1) is 0 Å². The van der Waals surface area contributed by atoms with E-state index < -0.39 is 35.7 Å². The van der Waals surface area contributed by atoms with Gasteiger partial charge in [0.2, 0.25) is 12.0 Å². The number of morpholine rings is 1. The van der Waals surface area contributed by atoms with Gasteiger partial charge in [-0.15, -0.1) is 0 Å². The molecule has 2 aliphatic heterocycles. The van der Waals surface area contributed by atoms with Crippen LogP contribution in [-0.2, 0) is 39.8 Å². The Labute approximate surface area is 174 Å². The molecule has 0 aromatic heterocycles. The molecule has 2 amide bonds. The normalized spacial score (nSPS) is 20.1. The number of aryl methyl sites for hydroxylation is 1. The molecular weight excluding hydrogens is 392 g/mol. The van der Waals surface area contributed by atoms with E-state index in [2.05, 4.69) is 5.32 Å². The fraction of sp³-hybridized carbons (Fsp3) is 0.524. The Morgan fingerprint density at radius 1 is 1.23 bits per heavy atom. The van der Waals surface area contributed by atoms with Gasteiger partial charge in [-0.05, 0) is 44.9 Å². The van der Waals surface area contributed by atoms with E-state index in [-0.39, 0.29) is 19.1 Å². The van der Waals surface area contributed by atoms with Crippen LogP contribution < -0.4 is 10.2 Å². The van der Waals surface area contributed by atoms with E-state index in [1.54, 1.807) is 32.9 Å². The topological polar surface area (TPSA) is 111 Å². The van der Waals surface area contributed by atoms with Crippen LogP contribution in [0.5, 0.6) is 0 Å². The van der Waals surface area contributed by atoms with Crippen molar-refractivity contribution in [3.8, 4) is 0 Å². The second-order valence-electron chi connectivity index (χ2n) is 8.23. The summed E-state index contributed by atoms with van der Waals surface area (Å²) in [4.78, 5) is 50.5. The average molecular weight is 418 g/mol. The number of hydrogen-bond donors (Lipinski definition) is 1. The fourth-order valence-corrected chi connectivity index (χ4v) is 3.38. The first-order chi connectivity index (χ1) is 14.0. The van der Waals surface area contributed by atoms with Crippen molar-refractivity contribution >= 4 is 35.1 Å². The van der Waals surface area contributed by atoms with Gasteiger partial charge in [-0.3, -0.25) is 14.4 Å². The largest absolute Gasteiger partial charge is 0.457 e. The first-order valence-electron chi connectivity index (χ1n) is 9.81. The van der Waals surface area contributed by atoms with E-state index >= 15 is 0 Å². The van der Waals surface area contributed by atoms with Gasteiger partial charge in [-0.2, -0.15) is 0 Å². The molecule has 9 heteroatoms. The first-order valence-corrected chi connectivity index (χ1v) is 9.81. The Kier molecular flexibility index (Phi) is 6.12. The predicted octanol–water partition coefficient (Wildman–Crippen LogP) is 1.58. The number of ether oxygens (including phenoxy) is 3. The van der Waals surface area contributed by atoms with Crippen molar-refractivity contribution in [2.45, 2.75) is 58.3 Å². The standard InChI is InChI=1S/C21H26N2O7/c1-12(24)29-18(20(27)30-21(2,3)4)17-19(26)23(9-10-28-17)14-7-5-13-6-8-16(25)22-15(13)11-14/h5,7,11,17-18H,6,8-10H2,1-4H3,(H,22,25)/t17-,18-/m1/s1. The van der Waals surface area contributed by atoms with Gasteiger partial charge >= 0.3 is 11.9 Å². The Morgan fingerprint density at radius 2 is 1.97 bits per heavy atom. The van der Waals surface area contributed by atoms with Gasteiger partial charge < -0.3 is 24.4 Å². The van der Waals surface area contributed by atoms with Gasteiger partial charge in [0.25, 0.3) is 5.91 Å². The molecule has 0 unspecified atom stereocenters. The number of carbonyl (C=O) groups excluding carboxylic acids is 4. The maximum atomic E-state index is 13.2. The Morgan fingerprint density at radius 3 is 2.63 bits per heavy atom. The molecule has 0 bridgehead atoms. The van der Waals surface area contributed by atoms with Crippen LogP contribution in [0.1, 0.15) is 39.7 Å². The monoisotopic (exact) mass is 418 g/mol. The highest BCUT2D eigenvalue weighted by molar-refractivity contribution is 6.02. The summed E-state index contributed by atoms with van der Waals surface area (Å²) in [6, 6.07) is 5.37. The maximum absolute atomic E-state index is 13.2. The number of fused-ring (bicyclic) bond motifs is 1. The minimum absolute atomic E-state index is 0.0781. The van der Waals surface area contributed by atoms with E-state index in [4.69, 9.17) is 14.2 Å². The Balaban J connectivity index is 1.85. The number of benzene rings is 1. The average Bonchev–Trinajstić information content (AvgIpc) is 2.64. The number of rotatable bonds is 4. The SMILES string of the molecule is CC(=O)O[C@@H](C(=O)OC(C)(C)C)[C@H]1OCCN(c2ccc3c(c2)NC(=O)CC3)C1=O. The van der Waals surface area contributed by atoms with Crippen molar-refractivity contribution in [1.82, 2.24) is 0 Å². The molecule has 2 aliphatic rings. The molecule has 0 radical (unpaired) electrons. The Bertz CT molecular complexity index is 875. The summed E-state index contributed by atoms with van der Waals surface area (Å²) in [5, 5.41) is 2.81. The van der Waals surface area contributed by atoms with Crippen LogP contribution in [0.15, 0.2) is 18.2 Å². The molecular formula is C21H26N2O7. The highest BCUT2D eigenvalue weighted by Gasteiger charge is 2.44. The van der Waals surface area contributed by atoms with E-state index in [1.807, 2.05) is 6.07 Å². The number of hydrogen-bond acceptors (Lipinski definition) is 7. The van der Waals surface area contributed by atoms with Gasteiger partial charge in [0.05, 0.1) is 6.61 Å². The summed E-state index contributed by atoms with van der Waals surface area (Å²) in [7, 11) is 0. The maximum Gasteiger partial charge on any atom is 0.351 e. The lowest BCUT2D eigenvalue weighted by atomic mass is 10.0. The molecule has 1 fully saturated rings. The van der Waals surface area contributed by atoms with Crippen LogP contribution in [0.4, 0.5) is 11.4 Å². The van der Waals surface area contributed by atoms with Gasteiger partial charge in [0, 0.05) is 31.3 Å². The smallest absolute Gasteiger partial charge is 0.351 e. The zero-order valence-corrected chi connectivity index (χ0v) is 17.5. The molecule has 0 saturated carbocycles. The Hall–Kier alpha value is -2.94. The number of nitrogens with one attached hydrogen (secondary N) is 1. The number of anilines is 2. The molecule has 3 rings (SSSR count). The van der Waals surface area contributed by atoms with E-state index in [0.29, 0.717) is 24.2 Å². The third kappa shape index (κ3) is 4.96. The molecule has 0 spiro atoms. The summed E-state index contributed by atoms with van der Waals surface area (Å²) < 4.78 is 16.0. The molecule has 2 heterocycles. The van der Waals surface area contributed by atoms with E-state index in [1.165, 1.54) is 4.90 Å². The minimum Gasteiger partial charge on any atom is -0.457 e. The second kappa shape index (κ2) is 8.43. The molecule has 1 aromatic rings. The van der Waals surface area contributed by atoms with Crippen LogP contribution in [0.2, 0.25) is 0 Å². The van der Waals surface area contributed by atoms with Gasteiger partial charge in [-0.1, -0.05) is 6.07 Å². The summed E-state index contributed by atoms with van der Waals surface area (Å²) in [6.45, 7) is 6.56. The van der Waals surface area contributed by atoms with Crippen molar-refractivity contribution < 1.29 is 33.4 Å². The van der Waals surface area contributed by atoms with Crippen molar-refractivity contribution in [3.05, 3.63) is 23.8 Å². The van der Waals surface area contributed by atoms with Crippen LogP contribution in [0.25, 0.3) is 0 Å². The predicted molar refractivity (Wildman–Crippen MR) is 107 cm³/mol. The molecule has 162 valence electrons. The van der Waals surface area contributed by atoms with Gasteiger partial charge in [0.15, 0.2) is 6.10 Å². The quantitative estimate of drug-likeness (QED) is 0.739. The molecule has 0 aliphatic carbocycles. The third-order valence-corrected chi connectivity index (χ3v) is 4.63. The second-order valence-corrected chi connectivity index (χ2v) is 8.23. The zero-order chi connectivity index (χ0) is 22.1. The molecule has 1 N–H and O–H groups in total. The number of esters is 2. The zero-order valence-electron chi connectivity index (χ0n) is 17.5. The summed E-state index contributed by atoms with van der Waals surface area (Å²) in [5.41, 5.74) is 1.37. The minimum atomic E-state index is -1.52. The van der Waals surface area contributed by atoms with Crippen molar-refractivity contribution in [1.29, 1.82) is 0 Å². The van der Waals surface area contributed by atoms with Crippen LogP contribution in [0.3, 0.4) is 0 Å². The highest BCUT2D eigenvalue weighted by atomic mass is 16.6. The van der Waals surface area contributed by atoms with Crippen molar-refractivity contribution in [2.75, 3.05) is 23.4 Å². The lowest BCUT2D eigenvalue weighted by Gasteiger charge is -2.36. The van der Waals surface area contributed by atoms with Crippen molar-refractivity contribution in [3.63, 3.8) is 0 Å². The molecule has 1 saturated heterocycles. The lowest BCUT2D eigenvalue weighted by molar-refractivity contribution is -0.188. The third-order valence-electron chi connectivity index (χ3n) is 4.63. The number of amides is 2. The lowest BCUT2D eigenvalue weighted by Crippen LogP contribution is -2.56. The van der Waals surface area contributed by atoms with E-state index in [9.17, 15) is 19.2 Å². The summed E-state index contributed by atoms with van der Waals surface area (Å²) in [6.07, 6.45) is -1.79. The van der Waals surface area contributed by atoms with Crippen LogP contribution >= 0.6 is 0 Å². The molecule has 1 aromatic carbocycles. The summed E-state index contributed by atoms with van der Waals surface area (Å²) in [5.74, 6) is -2.18. The van der Waals surface area contributed by atoms with E-state index in [0.717, 1.165) is 12.5 Å². The molecule has 2 atom stereocenters. The number of carbonyl (C=O) groups is 4. The fourth-order valence-electron chi connectivity index (χ4n) is 3.38. The highest BCUT2D eigenvalue weighted by Crippen LogP contribution is 2.30. The summed E-state index contributed by atoms with van der Waals surface area (Å²) >= 11 is 0.